The fourth-order valence-electron chi connectivity index (χ4n) is 3.84. The Labute approximate surface area is 180 Å². The van der Waals surface area contributed by atoms with Crippen LogP contribution in [0.25, 0.3) is 0 Å². The number of pyridine rings is 1. The number of alkyl halides is 3. The number of aromatic nitrogens is 1. The second-order valence-electron chi connectivity index (χ2n) is 7.34. The van der Waals surface area contributed by atoms with Crippen LogP contribution in [-0.2, 0) is 9.59 Å². The first-order valence-electron chi connectivity index (χ1n) is 9.48. The van der Waals surface area contributed by atoms with Crippen molar-refractivity contribution in [2.75, 3.05) is 24.5 Å². The molecule has 0 saturated carbocycles. The number of carbonyl (C=O) groups excluding carboxylic acids is 2. The van der Waals surface area contributed by atoms with Crippen molar-refractivity contribution in [1.29, 1.82) is 0 Å². The topological polar surface area (TPSA) is 90.8 Å². The molecule has 1 N–H and O–H groups in total. The first kappa shape index (κ1) is 22.7. The van der Waals surface area contributed by atoms with Crippen LogP contribution >= 0.6 is 11.3 Å². The molecule has 1 unspecified atom stereocenters. The molecule has 4 heterocycles. The number of piperidine rings is 1. The molecule has 0 aliphatic carbocycles. The molecule has 0 bridgehead atoms. The lowest BCUT2D eigenvalue weighted by Gasteiger charge is -2.39. The number of nitrogens with zero attached hydrogens (tertiary/aromatic N) is 3. The van der Waals surface area contributed by atoms with Gasteiger partial charge in [0.2, 0.25) is 5.91 Å². The van der Waals surface area contributed by atoms with Crippen LogP contribution in [0.5, 0.6) is 0 Å². The van der Waals surface area contributed by atoms with Crippen LogP contribution in [0, 0.1) is 5.41 Å². The largest absolute Gasteiger partial charge is 0.490 e. The molecule has 0 radical (unpaired) electrons. The summed E-state index contributed by atoms with van der Waals surface area (Å²) in [5, 5.41) is 11.1. The maximum Gasteiger partial charge on any atom is 0.490 e. The van der Waals surface area contributed by atoms with Crippen LogP contribution in [0.1, 0.15) is 29.6 Å². The van der Waals surface area contributed by atoms with E-state index < -0.39 is 17.6 Å². The van der Waals surface area contributed by atoms with Crippen LogP contribution < -0.4 is 4.90 Å². The van der Waals surface area contributed by atoms with Crippen molar-refractivity contribution in [3.63, 3.8) is 0 Å². The Kier molecular flexibility index (Phi) is 6.63. The van der Waals surface area contributed by atoms with Crippen molar-refractivity contribution in [2.45, 2.75) is 25.4 Å². The molecule has 1 spiro atoms. The van der Waals surface area contributed by atoms with E-state index in [9.17, 15) is 22.8 Å². The van der Waals surface area contributed by atoms with Gasteiger partial charge in [-0.25, -0.2) is 4.79 Å². The number of likely N-dealkylation sites (tertiary alicyclic amines) is 1. The number of hydrogen-bond acceptors (Lipinski definition) is 5. The van der Waals surface area contributed by atoms with E-state index >= 15 is 0 Å². The molecule has 2 fully saturated rings. The SMILES string of the molecule is O=C(O)C(F)(F)F.O=C(c1ccncc1)N1CCCC2(CCN(c3ccsc3)C2=O)C1. The summed E-state index contributed by atoms with van der Waals surface area (Å²) in [6.07, 6.45) is 0.742. The molecule has 2 aliphatic heterocycles. The minimum absolute atomic E-state index is 0.00161. The molecule has 2 aromatic heterocycles. The van der Waals surface area contributed by atoms with E-state index in [0.717, 1.165) is 31.5 Å². The monoisotopic (exact) mass is 455 g/mol. The van der Waals surface area contributed by atoms with Gasteiger partial charge in [0, 0.05) is 43.0 Å². The standard InChI is InChI=1S/C18H19N3O2S.C2HF3O2/c22-16(14-2-7-19-8-3-14)20-9-1-5-18(13-20)6-10-21(17(18)23)15-4-11-24-12-15;3-2(4,5)1(6)7/h2-4,7-8,11-12H,1,5-6,9-10,13H2;(H,6,7). The molecule has 0 aromatic carbocycles. The minimum atomic E-state index is -5.08. The van der Waals surface area contributed by atoms with Gasteiger partial charge in [0.25, 0.3) is 5.91 Å². The Morgan fingerprint density at radius 2 is 1.81 bits per heavy atom. The molecule has 7 nitrogen and oxygen atoms in total. The van der Waals surface area contributed by atoms with E-state index in [0.29, 0.717) is 18.7 Å². The van der Waals surface area contributed by atoms with Crippen LogP contribution in [0.4, 0.5) is 18.9 Å². The van der Waals surface area contributed by atoms with Crippen molar-refractivity contribution in [3.8, 4) is 0 Å². The number of anilines is 1. The van der Waals surface area contributed by atoms with Gasteiger partial charge in [0.05, 0.1) is 11.1 Å². The Morgan fingerprint density at radius 1 is 1.13 bits per heavy atom. The second kappa shape index (κ2) is 9.04. The Bertz CT molecular complexity index is 937. The zero-order valence-electron chi connectivity index (χ0n) is 16.3. The average molecular weight is 455 g/mol. The van der Waals surface area contributed by atoms with E-state index in [1.54, 1.807) is 35.9 Å². The van der Waals surface area contributed by atoms with Crippen LogP contribution in [-0.4, -0.2) is 58.6 Å². The smallest absolute Gasteiger partial charge is 0.475 e. The number of carboxylic acids is 1. The number of amides is 2. The Hall–Kier alpha value is -2.95. The van der Waals surface area contributed by atoms with Gasteiger partial charge in [0.1, 0.15) is 0 Å². The third kappa shape index (κ3) is 5.04. The van der Waals surface area contributed by atoms with Gasteiger partial charge < -0.3 is 14.9 Å². The van der Waals surface area contributed by atoms with Gasteiger partial charge in [-0.3, -0.25) is 14.6 Å². The first-order valence-corrected chi connectivity index (χ1v) is 10.4. The zero-order valence-corrected chi connectivity index (χ0v) is 17.2. The highest BCUT2D eigenvalue weighted by molar-refractivity contribution is 7.08. The summed E-state index contributed by atoms with van der Waals surface area (Å²) in [5.41, 5.74) is 1.21. The fraction of sp³-hybridized carbons (Fsp3) is 0.400. The van der Waals surface area contributed by atoms with E-state index in [2.05, 4.69) is 4.98 Å². The number of rotatable bonds is 2. The van der Waals surface area contributed by atoms with Crippen molar-refractivity contribution in [2.24, 2.45) is 5.41 Å². The number of carboxylic acid groups (broad SMARTS) is 1. The van der Waals surface area contributed by atoms with Gasteiger partial charge in [-0.05, 0) is 42.8 Å². The van der Waals surface area contributed by atoms with Crippen molar-refractivity contribution in [1.82, 2.24) is 9.88 Å². The third-order valence-corrected chi connectivity index (χ3v) is 6.04. The van der Waals surface area contributed by atoms with Crippen molar-refractivity contribution >= 4 is 34.8 Å². The molecule has 2 aliphatic rings. The predicted octanol–water partition coefficient (Wildman–Crippen LogP) is 3.44. The van der Waals surface area contributed by atoms with Gasteiger partial charge in [-0.1, -0.05) is 0 Å². The molecule has 2 aromatic rings. The highest BCUT2D eigenvalue weighted by Crippen LogP contribution is 2.42. The van der Waals surface area contributed by atoms with Gasteiger partial charge in [0.15, 0.2) is 0 Å². The Balaban J connectivity index is 0.000000339. The van der Waals surface area contributed by atoms with Gasteiger partial charge in [-0.2, -0.15) is 24.5 Å². The quantitative estimate of drug-likeness (QED) is 0.749. The molecule has 2 saturated heterocycles. The van der Waals surface area contributed by atoms with Gasteiger partial charge >= 0.3 is 12.1 Å². The molecule has 11 heteroatoms. The maximum atomic E-state index is 13.1. The minimum Gasteiger partial charge on any atom is -0.475 e. The van der Waals surface area contributed by atoms with E-state index in [1.165, 1.54) is 0 Å². The maximum absolute atomic E-state index is 13.1. The lowest BCUT2D eigenvalue weighted by molar-refractivity contribution is -0.192. The van der Waals surface area contributed by atoms with E-state index in [1.807, 2.05) is 26.6 Å². The Morgan fingerprint density at radius 3 is 2.39 bits per heavy atom. The van der Waals surface area contributed by atoms with Crippen LogP contribution in [0.3, 0.4) is 0 Å². The molecule has 1 atom stereocenters. The lowest BCUT2D eigenvalue weighted by atomic mass is 9.78. The number of carbonyl (C=O) groups is 3. The summed E-state index contributed by atoms with van der Waals surface area (Å²) in [7, 11) is 0. The molecule has 31 heavy (non-hydrogen) atoms. The average Bonchev–Trinajstić information content (AvgIpc) is 3.37. The summed E-state index contributed by atoms with van der Waals surface area (Å²) >= 11 is 1.60. The third-order valence-electron chi connectivity index (χ3n) is 5.36. The number of aliphatic carboxylic acids is 1. The number of hydrogen-bond donors (Lipinski definition) is 1. The van der Waals surface area contributed by atoms with Crippen molar-refractivity contribution < 1.29 is 32.7 Å². The molecule has 2 amide bonds. The number of thiophene rings is 1. The molecular weight excluding hydrogens is 435 g/mol. The van der Waals surface area contributed by atoms with E-state index in [-0.39, 0.29) is 11.8 Å². The summed E-state index contributed by atoms with van der Waals surface area (Å²) in [6, 6.07) is 5.46. The normalized spacial score (nSPS) is 21.1. The molecule has 166 valence electrons. The van der Waals surface area contributed by atoms with Crippen LogP contribution in [0.2, 0.25) is 0 Å². The molecule has 4 rings (SSSR count). The van der Waals surface area contributed by atoms with Crippen molar-refractivity contribution in [3.05, 3.63) is 46.9 Å². The summed E-state index contributed by atoms with van der Waals surface area (Å²) < 4.78 is 31.7. The van der Waals surface area contributed by atoms with E-state index in [4.69, 9.17) is 9.90 Å². The first-order chi connectivity index (χ1) is 14.6. The van der Waals surface area contributed by atoms with Crippen LogP contribution in [0.15, 0.2) is 41.4 Å². The fourth-order valence-corrected chi connectivity index (χ4v) is 4.48. The van der Waals surface area contributed by atoms with Gasteiger partial charge in [-0.15, -0.1) is 0 Å². The number of halogens is 3. The molecular formula is C20H20F3N3O4S. The highest BCUT2D eigenvalue weighted by atomic mass is 32.1. The summed E-state index contributed by atoms with van der Waals surface area (Å²) in [6.45, 7) is 1.98. The highest BCUT2D eigenvalue weighted by Gasteiger charge is 2.50. The summed E-state index contributed by atoms with van der Waals surface area (Å²) in [5.74, 6) is -2.58. The predicted molar refractivity (Wildman–Crippen MR) is 107 cm³/mol. The second-order valence-corrected chi connectivity index (χ2v) is 8.12. The lowest BCUT2D eigenvalue weighted by Crippen LogP contribution is -2.49. The zero-order chi connectivity index (χ0) is 22.6. The summed E-state index contributed by atoms with van der Waals surface area (Å²) in [4.78, 5) is 42.4.